The molecule has 0 spiro atoms. The summed E-state index contributed by atoms with van der Waals surface area (Å²) in [7, 11) is 1.54. The molecule has 0 unspecified atom stereocenters. The zero-order valence-corrected chi connectivity index (χ0v) is 14.0. The van der Waals surface area contributed by atoms with Crippen LogP contribution in [-0.2, 0) is 4.79 Å². The van der Waals surface area contributed by atoms with Gasteiger partial charge in [-0.2, -0.15) is 0 Å². The van der Waals surface area contributed by atoms with E-state index in [0.717, 1.165) is 4.88 Å². The predicted octanol–water partition coefficient (Wildman–Crippen LogP) is 2.99. The van der Waals surface area contributed by atoms with E-state index in [1.54, 1.807) is 31.4 Å². The standard InChI is InChI=1S/C15H13BrN2O3S/c1-21-13-6-4-10(9-12(13)16)15(20)18-17-14(19)7-5-11-3-2-8-22-11/h2-9H,1H3,(H,17,19)(H,18,20)/b7-5+. The SMILES string of the molecule is COc1ccc(C(=O)NNC(=O)/C=C/c2cccs2)cc1Br. The van der Waals surface area contributed by atoms with Gasteiger partial charge in [-0.05, 0) is 51.7 Å². The molecule has 0 saturated carbocycles. The van der Waals surface area contributed by atoms with E-state index in [4.69, 9.17) is 4.74 Å². The van der Waals surface area contributed by atoms with Crippen LogP contribution in [0.2, 0.25) is 0 Å². The van der Waals surface area contributed by atoms with Crippen molar-refractivity contribution in [3.8, 4) is 5.75 Å². The van der Waals surface area contributed by atoms with Gasteiger partial charge in [0.25, 0.3) is 11.8 Å². The lowest BCUT2D eigenvalue weighted by atomic mass is 10.2. The Balaban J connectivity index is 1.89. The molecule has 2 N–H and O–H groups in total. The van der Waals surface area contributed by atoms with Crippen LogP contribution in [0.1, 0.15) is 15.2 Å². The van der Waals surface area contributed by atoms with E-state index in [1.807, 2.05) is 17.5 Å². The number of carbonyl (C=O) groups is 2. The van der Waals surface area contributed by atoms with Gasteiger partial charge in [-0.3, -0.25) is 20.4 Å². The second-order valence-corrected chi connectivity index (χ2v) is 5.98. The van der Waals surface area contributed by atoms with E-state index >= 15 is 0 Å². The molecule has 1 aromatic carbocycles. The van der Waals surface area contributed by atoms with Gasteiger partial charge in [0.15, 0.2) is 0 Å². The summed E-state index contributed by atoms with van der Waals surface area (Å²) < 4.78 is 5.75. The van der Waals surface area contributed by atoms with Gasteiger partial charge in [-0.25, -0.2) is 0 Å². The molecule has 5 nitrogen and oxygen atoms in total. The maximum absolute atomic E-state index is 11.9. The number of ether oxygens (including phenoxy) is 1. The Labute approximate surface area is 140 Å². The summed E-state index contributed by atoms with van der Waals surface area (Å²) in [5.41, 5.74) is 5.07. The van der Waals surface area contributed by atoms with Crippen molar-refractivity contribution in [3.05, 3.63) is 56.7 Å². The van der Waals surface area contributed by atoms with Crippen molar-refractivity contribution in [1.29, 1.82) is 0 Å². The predicted molar refractivity (Wildman–Crippen MR) is 89.7 cm³/mol. The molecule has 2 amide bonds. The molecule has 1 heterocycles. The van der Waals surface area contributed by atoms with Crippen LogP contribution in [0.5, 0.6) is 5.75 Å². The van der Waals surface area contributed by atoms with Crippen LogP contribution >= 0.6 is 27.3 Å². The molecule has 0 atom stereocenters. The van der Waals surface area contributed by atoms with Gasteiger partial charge in [0.1, 0.15) is 5.75 Å². The number of amides is 2. The lowest BCUT2D eigenvalue weighted by molar-refractivity contribution is -0.117. The van der Waals surface area contributed by atoms with E-state index in [-0.39, 0.29) is 0 Å². The van der Waals surface area contributed by atoms with Crippen molar-refractivity contribution in [2.24, 2.45) is 0 Å². The zero-order chi connectivity index (χ0) is 15.9. The van der Waals surface area contributed by atoms with Crippen LogP contribution in [0, 0.1) is 0 Å². The third-order valence-corrected chi connectivity index (χ3v) is 4.11. The second-order valence-electron chi connectivity index (χ2n) is 4.14. The summed E-state index contributed by atoms with van der Waals surface area (Å²) in [6, 6.07) is 8.67. The van der Waals surface area contributed by atoms with E-state index in [2.05, 4.69) is 26.8 Å². The molecule has 7 heteroatoms. The zero-order valence-electron chi connectivity index (χ0n) is 11.6. The number of hydrogen-bond acceptors (Lipinski definition) is 4. The average molecular weight is 381 g/mol. The quantitative estimate of drug-likeness (QED) is 0.632. The smallest absolute Gasteiger partial charge is 0.269 e. The van der Waals surface area contributed by atoms with Crippen LogP contribution in [0.4, 0.5) is 0 Å². The monoisotopic (exact) mass is 380 g/mol. The summed E-state index contributed by atoms with van der Waals surface area (Å²) in [4.78, 5) is 24.5. The van der Waals surface area contributed by atoms with Crippen LogP contribution in [-0.4, -0.2) is 18.9 Å². The summed E-state index contributed by atoms with van der Waals surface area (Å²) in [5, 5.41) is 1.92. The van der Waals surface area contributed by atoms with Crippen molar-refractivity contribution in [2.75, 3.05) is 7.11 Å². The first-order valence-electron chi connectivity index (χ1n) is 6.25. The Morgan fingerprint density at radius 1 is 1.27 bits per heavy atom. The highest BCUT2D eigenvalue weighted by molar-refractivity contribution is 9.10. The first kappa shape index (κ1) is 16.3. The molecule has 1 aromatic heterocycles. The Morgan fingerprint density at radius 2 is 2.09 bits per heavy atom. The molecule has 0 aliphatic carbocycles. The molecular formula is C15H13BrN2O3S. The lowest BCUT2D eigenvalue weighted by Crippen LogP contribution is -2.40. The Morgan fingerprint density at radius 3 is 2.73 bits per heavy atom. The van der Waals surface area contributed by atoms with E-state index in [1.165, 1.54) is 17.4 Å². The number of hydrazine groups is 1. The highest BCUT2D eigenvalue weighted by Crippen LogP contribution is 2.25. The van der Waals surface area contributed by atoms with Crippen LogP contribution < -0.4 is 15.6 Å². The number of carbonyl (C=O) groups excluding carboxylic acids is 2. The van der Waals surface area contributed by atoms with Gasteiger partial charge < -0.3 is 4.74 Å². The van der Waals surface area contributed by atoms with E-state index in [0.29, 0.717) is 15.8 Å². The minimum atomic E-state index is -0.416. The fraction of sp³-hybridized carbons (Fsp3) is 0.0667. The molecule has 2 rings (SSSR count). The molecular weight excluding hydrogens is 368 g/mol. The third kappa shape index (κ3) is 4.44. The minimum Gasteiger partial charge on any atom is -0.496 e. The van der Waals surface area contributed by atoms with Crippen molar-refractivity contribution in [2.45, 2.75) is 0 Å². The van der Waals surface area contributed by atoms with Gasteiger partial charge >= 0.3 is 0 Å². The molecule has 2 aromatic rings. The van der Waals surface area contributed by atoms with Gasteiger partial charge in [-0.1, -0.05) is 6.07 Å². The van der Waals surface area contributed by atoms with Crippen LogP contribution in [0.15, 0.2) is 46.3 Å². The highest BCUT2D eigenvalue weighted by atomic mass is 79.9. The summed E-state index contributed by atoms with van der Waals surface area (Å²) in [6.45, 7) is 0. The molecule has 0 fully saturated rings. The normalized spacial score (nSPS) is 10.5. The fourth-order valence-electron chi connectivity index (χ4n) is 1.58. The van der Waals surface area contributed by atoms with Gasteiger partial charge in [0, 0.05) is 16.5 Å². The van der Waals surface area contributed by atoms with Gasteiger partial charge in [0.2, 0.25) is 0 Å². The van der Waals surface area contributed by atoms with Crippen LogP contribution in [0.25, 0.3) is 6.08 Å². The van der Waals surface area contributed by atoms with Gasteiger partial charge in [-0.15, -0.1) is 11.3 Å². The Hall–Kier alpha value is -2.12. The molecule has 114 valence electrons. The number of thiophene rings is 1. The summed E-state index contributed by atoms with van der Waals surface area (Å²) in [5.74, 6) is -0.199. The topological polar surface area (TPSA) is 67.4 Å². The maximum atomic E-state index is 11.9. The van der Waals surface area contributed by atoms with E-state index in [9.17, 15) is 9.59 Å². The average Bonchev–Trinajstić information content (AvgIpc) is 3.03. The highest BCUT2D eigenvalue weighted by Gasteiger charge is 2.09. The van der Waals surface area contributed by atoms with E-state index < -0.39 is 11.8 Å². The first-order chi connectivity index (χ1) is 10.6. The molecule has 0 saturated heterocycles. The molecule has 22 heavy (non-hydrogen) atoms. The van der Waals surface area contributed by atoms with Crippen molar-refractivity contribution < 1.29 is 14.3 Å². The van der Waals surface area contributed by atoms with Crippen molar-refractivity contribution in [1.82, 2.24) is 10.9 Å². The fourth-order valence-corrected chi connectivity index (χ4v) is 2.74. The number of nitrogens with one attached hydrogen (secondary N) is 2. The third-order valence-electron chi connectivity index (χ3n) is 2.66. The molecule has 0 aliphatic heterocycles. The molecule has 0 aliphatic rings. The summed E-state index contributed by atoms with van der Waals surface area (Å²) in [6.07, 6.45) is 3.03. The van der Waals surface area contributed by atoms with Crippen molar-refractivity contribution >= 4 is 45.2 Å². The number of hydrogen-bond donors (Lipinski definition) is 2. The molecule has 0 bridgehead atoms. The second kappa shape index (κ2) is 7.77. The first-order valence-corrected chi connectivity index (χ1v) is 7.93. The number of benzene rings is 1. The minimum absolute atomic E-state index is 0.398. The number of rotatable bonds is 4. The Kier molecular flexibility index (Phi) is 5.74. The lowest BCUT2D eigenvalue weighted by Gasteiger charge is -2.07. The largest absolute Gasteiger partial charge is 0.496 e. The van der Waals surface area contributed by atoms with Gasteiger partial charge in [0.05, 0.1) is 11.6 Å². The van der Waals surface area contributed by atoms with Crippen LogP contribution in [0.3, 0.4) is 0 Å². The summed E-state index contributed by atoms with van der Waals surface area (Å²) >= 11 is 4.82. The van der Waals surface area contributed by atoms with Crippen molar-refractivity contribution in [3.63, 3.8) is 0 Å². The number of halogens is 1. The number of methoxy groups -OCH3 is 1. The Bertz CT molecular complexity index is 699. The molecule has 0 radical (unpaired) electrons. The maximum Gasteiger partial charge on any atom is 0.269 e.